The lowest BCUT2D eigenvalue weighted by atomic mass is 9.74. The fourth-order valence-corrected chi connectivity index (χ4v) is 4.40. The molecule has 0 aliphatic carbocycles. The van der Waals surface area contributed by atoms with Gasteiger partial charge in [0.15, 0.2) is 0 Å². The van der Waals surface area contributed by atoms with E-state index in [2.05, 4.69) is 26.1 Å². The van der Waals surface area contributed by atoms with Crippen LogP contribution < -0.4 is 5.32 Å². The summed E-state index contributed by atoms with van der Waals surface area (Å²) in [6.45, 7) is 7.18. The van der Waals surface area contributed by atoms with Crippen LogP contribution in [0.25, 0.3) is 0 Å². The van der Waals surface area contributed by atoms with Crippen LogP contribution in [0.3, 0.4) is 0 Å². The third kappa shape index (κ3) is 4.05. The Balaban J connectivity index is 2.07. The topological polar surface area (TPSA) is 12.0 Å². The van der Waals surface area contributed by atoms with E-state index in [1.54, 1.807) is 24.3 Å². The SMILES string of the molecule is CC(C)(C)CC1CNC(c2cccc(Cl)c2F)C1c1ccc(Cl)cc1F. The molecule has 2 aromatic carbocycles. The molecule has 3 atom stereocenters. The lowest BCUT2D eigenvalue weighted by molar-refractivity contribution is 0.282. The molecule has 1 heterocycles. The number of rotatable bonds is 3. The maximum Gasteiger partial charge on any atom is 0.146 e. The van der Waals surface area contributed by atoms with Gasteiger partial charge in [-0.2, -0.15) is 0 Å². The van der Waals surface area contributed by atoms with Gasteiger partial charge in [0, 0.05) is 22.5 Å². The Morgan fingerprint density at radius 1 is 1.08 bits per heavy atom. The molecule has 1 saturated heterocycles. The van der Waals surface area contributed by atoms with Crippen LogP contribution in [0.2, 0.25) is 10.0 Å². The second kappa shape index (κ2) is 7.46. The van der Waals surface area contributed by atoms with Gasteiger partial charge in [-0.25, -0.2) is 8.78 Å². The molecule has 140 valence electrons. The van der Waals surface area contributed by atoms with Gasteiger partial charge in [0.1, 0.15) is 11.6 Å². The average Bonchev–Trinajstić information content (AvgIpc) is 2.91. The zero-order valence-corrected chi connectivity index (χ0v) is 16.6. The van der Waals surface area contributed by atoms with E-state index in [1.165, 1.54) is 12.1 Å². The molecule has 1 aliphatic heterocycles. The van der Waals surface area contributed by atoms with Crippen LogP contribution in [0.5, 0.6) is 0 Å². The van der Waals surface area contributed by atoms with Crippen molar-refractivity contribution in [1.82, 2.24) is 5.32 Å². The fourth-order valence-electron chi connectivity index (χ4n) is 4.06. The number of nitrogens with one attached hydrogen (secondary N) is 1. The molecule has 0 saturated carbocycles. The van der Waals surface area contributed by atoms with Gasteiger partial charge < -0.3 is 5.32 Å². The van der Waals surface area contributed by atoms with Gasteiger partial charge in [-0.1, -0.05) is 62.2 Å². The zero-order chi connectivity index (χ0) is 19.1. The van der Waals surface area contributed by atoms with Crippen molar-refractivity contribution in [3.63, 3.8) is 0 Å². The summed E-state index contributed by atoms with van der Waals surface area (Å²) in [5, 5.41) is 3.84. The van der Waals surface area contributed by atoms with Crippen LogP contribution in [-0.4, -0.2) is 6.54 Å². The summed E-state index contributed by atoms with van der Waals surface area (Å²) in [7, 11) is 0. The van der Waals surface area contributed by atoms with E-state index in [4.69, 9.17) is 23.2 Å². The van der Waals surface area contributed by atoms with Crippen molar-refractivity contribution in [2.75, 3.05) is 6.54 Å². The normalized spacial score (nSPS) is 23.4. The van der Waals surface area contributed by atoms with Crippen LogP contribution in [0.1, 0.15) is 50.3 Å². The highest BCUT2D eigenvalue weighted by molar-refractivity contribution is 6.31. The highest BCUT2D eigenvalue weighted by atomic mass is 35.5. The third-order valence-corrected chi connectivity index (χ3v) is 5.51. The first kappa shape index (κ1) is 19.6. The van der Waals surface area contributed by atoms with E-state index in [0.717, 1.165) is 6.42 Å². The summed E-state index contributed by atoms with van der Waals surface area (Å²) in [4.78, 5) is 0. The first-order chi connectivity index (χ1) is 12.2. The number of hydrogen-bond donors (Lipinski definition) is 1. The Morgan fingerprint density at radius 2 is 1.81 bits per heavy atom. The Kier molecular flexibility index (Phi) is 5.62. The molecule has 0 bridgehead atoms. The maximum atomic E-state index is 14.7. The number of benzene rings is 2. The van der Waals surface area contributed by atoms with Gasteiger partial charge in [-0.15, -0.1) is 0 Å². The van der Waals surface area contributed by atoms with E-state index in [9.17, 15) is 8.78 Å². The molecule has 1 aliphatic rings. The quantitative estimate of drug-likeness (QED) is 0.603. The summed E-state index contributed by atoms with van der Waals surface area (Å²) >= 11 is 11.9. The number of hydrogen-bond acceptors (Lipinski definition) is 1. The lowest BCUT2D eigenvalue weighted by Crippen LogP contribution is -2.21. The van der Waals surface area contributed by atoms with Gasteiger partial charge in [0.05, 0.1) is 5.02 Å². The summed E-state index contributed by atoms with van der Waals surface area (Å²) < 4.78 is 29.4. The van der Waals surface area contributed by atoms with Crippen molar-refractivity contribution < 1.29 is 8.78 Å². The first-order valence-corrected chi connectivity index (χ1v) is 9.55. The smallest absolute Gasteiger partial charge is 0.146 e. The predicted molar refractivity (Wildman–Crippen MR) is 104 cm³/mol. The van der Waals surface area contributed by atoms with Crippen LogP contribution in [0.15, 0.2) is 36.4 Å². The van der Waals surface area contributed by atoms with Crippen molar-refractivity contribution >= 4 is 23.2 Å². The summed E-state index contributed by atoms with van der Waals surface area (Å²) in [5.41, 5.74) is 1.13. The minimum atomic E-state index is -0.442. The Morgan fingerprint density at radius 3 is 2.46 bits per heavy atom. The molecule has 0 radical (unpaired) electrons. The average molecular weight is 398 g/mol. The van der Waals surface area contributed by atoms with Crippen molar-refractivity contribution in [2.45, 2.75) is 39.2 Å². The Bertz CT molecular complexity index is 801. The third-order valence-electron chi connectivity index (χ3n) is 4.98. The molecule has 0 spiro atoms. The van der Waals surface area contributed by atoms with E-state index in [1.807, 2.05) is 0 Å². The molecule has 3 rings (SSSR count). The summed E-state index contributed by atoms with van der Waals surface area (Å²) in [5.74, 6) is -0.812. The molecule has 3 unspecified atom stereocenters. The van der Waals surface area contributed by atoms with E-state index in [0.29, 0.717) is 22.7 Å². The lowest BCUT2D eigenvalue weighted by Gasteiger charge is -2.30. The molecule has 1 N–H and O–H groups in total. The van der Waals surface area contributed by atoms with Crippen molar-refractivity contribution in [3.8, 4) is 0 Å². The van der Waals surface area contributed by atoms with Gasteiger partial charge in [-0.3, -0.25) is 0 Å². The Hall–Kier alpha value is -1.16. The first-order valence-electron chi connectivity index (χ1n) is 8.79. The van der Waals surface area contributed by atoms with E-state index < -0.39 is 5.82 Å². The van der Waals surface area contributed by atoms with Crippen LogP contribution in [0, 0.1) is 23.0 Å². The molecule has 1 nitrogen and oxygen atoms in total. The second-order valence-corrected chi connectivity index (χ2v) is 9.09. The fraction of sp³-hybridized carbons (Fsp3) is 0.429. The van der Waals surface area contributed by atoms with Gasteiger partial charge in [-0.05, 0) is 48.1 Å². The molecule has 0 amide bonds. The monoisotopic (exact) mass is 397 g/mol. The summed E-state index contributed by atoms with van der Waals surface area (Å²) in [6, 6.07) is 9.39. The van der Waals surface area contributed by atoms with Crippen LogP contribution >= 0.6 is 23.2 Å². The van der Waals surface area contributed by atoms with Crippen LogP contribution in [0.4, 0.5) is 8.78 Å². The Labute approximate surface area is 163 Å². The minimum absolute atomic E-state index is 0.0786. The maximum absolute atomic E-state index is 14.7. The minimum Gasteiger partial charge on any atom is -0.309 e. The molecular weight excluding hydrogens is 375 g/mol. The van der Waals surface area contributed by atoms with E-state index in [-0.39, 0.29) is 34.1 Å². The molecule has 0 aromatic heterocycles. The molecule has 2 aromatic rings. The molecular formula is C21H23Cl2F2N. The second-order valence-electron chi connectivity index (χ2n) is 8.25. The molecule has 1 fully saturated rings. The van der Waals surface area contributed by atoms with Gasteiger partial charge in [0.2, 0.25) is 0 Å². The van der Waals surface area contributed by atoms with Crippen LogP contribution in [-0.2, 0) is 0 Å². The largest absolute Gasteiger partial charge is 0.309 e. The van der Waals surface area contributed by atoms with Crippen molar-refractivity contribution in [1.29, 1.82) is 0 Å². The predicted octanol–water partition coefficient (Wildman–Crippen LogP) is 6.75. The standard InChI is InChI=1S/C21H23Cl2F2N/c1-21(2,3)10-12-11-26-20(15-5-4-6-16(23)19(15)25)18(12)14-8-7-13(22)9-17(14)24/h4-9,12,18,20,26H,10-11H2,1-3H3. The number of halogens is 4. The van der Waals surface area contributed by atoms with Crippen molar-refractivity contribution in [2.24, 2.45) is 11.3 Å². The van der Waals surface area contributed by atoms with Gasteiger partial charge in [0.25, 0.3) is 0 Å². The zero-order valence-electron chi connectivity index (χ0n) is 15.1. The highest BCUT2D eigenvalue weighted by Crippen LogP contribution is 2.47. The molecule has 5 heteroatoms. The van der Waals surface area contributed by atoms with E-state index >= 15 is 0 Å². The molecule has 26 heavy (non-hydrogen) atoms. The summed E-state index contributed by atoms with van der Waals surface area (Å²) in [6.07, 6.45) is 0.894. The van der Waals surface area contributed by atoms with Crippen molar-refractivity contribution in [3.05, 3.63) is 69.2 Å². The highest BCUT2D eigenvalue weighted by Gasteiger charge is 2.41. The van der Waals surface area contributed by atoms with Gasteiger partial charge >= 0.3 is 0 Å².